The first-order chi connectivity index (χ1) is 12.7. The zero-order chi connectivity index (χ0) is 19.8. The number of phenolic OH excluding ortho intramolecular Hbond substituents is 1. The van der Waals surface area contributed by atoms with Gasteiger partial charge in [-0.05, 0) is 42.5 Å². The smallest absolute Gasteiger partial charge is 0.416 e. The second-order valence-corrected chi connectivity index (χ2v) is 6.06. The third-order valence-corrected chi connectivity index (χ3v) is 4.17. The maximum atomic E-state index is 13.2. The van der Waals surface area contributed by atoms with Gasteiger partial charge in [-0.15, -0.1) is 0 Å². The molecule has 27 heavy (non-hydrogen) atoms. The highest BCUT2D eigenvalue weighted by Crippen LogP contribution is 2.39. The van der Waals surface area contributed by atoms with E-state index in [4.69, 9.17) is 16.9 Å². The second-order valence-electron chi connectivity index (χ2n) is 5.62. The fourth-order valence-electron chi connectivity index (χ4n) is 2.76. The van der Waals surface area contributed by atoms with Gasteiger partial charge in [0.15, 0.2) is 0 Å². The number of phenols is 1. The van der Waals surface area contributed by atoms with Crippen LogP contribution in [0.2, 0.25) is 5.02 Å². The van der Waals surface area contributed by atoms with Crippen molar-refractivity contribution in [3.8, 4) is 22.9 Å². The van der Waals surface area contributed by atoms with E-state index in [2.05, 4.69) is 4.98 Å². The van der Waals surface area contributed by atoms with E-state index in [1.54, 1.807) is 6.07 Å². The van der Waals surface area contributed by atoms with Gasteiger partial charge in [-0.25, -0.2) is 0 Å². The molecule has 1 aromatic heterocycles. The lowest BCUT2D eigenvalue weighted by Crippen LogP contribution is -2.12. The van der Waals surface area contributed by atoms with Crippen LogP contribution < -0.4 is 5.56 Å². The summed E-state index contributed by atoms with van der Waals surface area (Å²) in [6.07, 6.45) is -2.40. The summed E-state index contributed by atoms with van der Waals surface area (Å²) in [4.78, 5) is 15.0. The first kappa shape index (κ1) is 18.5. The molecule has 2 N–H and O–H groups in total. The van der Waals surface area contributed by atoms with Crippen molar-refractivity contribution in [3.63, 3.8) is 0 Å². The van der Waals surface area contributed by atoms with Gasteiger partial charge < -0.3 is 10.1 Å². The molecular weight excluding hydrogens is 381 g/mol. The van der Waals surface area contributed by atoms with Gasteiger partial charge >= 0.3 is 6.18 Å². The molecule has 0 atom stereocenters. The topological polar surface area (TPSA) is 76.9 Å². The van der Waals surface area contributed by atoms with Gasteiger partial charge in [-0.3, -0.25) is 4.79 Å². The van der Waals surface area contributed by atoms with Crippen molar-refractivity contribution in [2.75, 3.05) is 0 Å². The summed E-state index contributed by atoms with van der Waals surface area (Å²) in [6, 6.07) is 8.62. The number of nitrogens with one attached hydrogen (secondary N) is 1. The number of hydrogen-bond donors (Lipinski definition) is 2. The fraction of sp³-hybridized carbons (Fsp3) is 0.0526. The number of fused-ring (bicyclic) bond motifs is 1. The standard InChI is InChI=1S/C19H10ClF3N2O2/c20-11-4-6-16(26)14(9-11)17-12(2-1-7-24)18(27)25-15-5-3-10(8-13(15)17)19(21,22)23/h1-6,8-9,26H,(H,25,27). The van der Waals surface area contributed by atoms with Crippen LogP contribution in [0.25, 0.3) is 28.1 Å². The maximum absolute atomic E-state index is 13.2. The Balaban J connectivity index is 2.52. The summed E-state index contributed by atoms with van der Waals surface area (Å²) in [5, 5.41) is 19.3. The largest absolute Gasteiger partial charge is 0.507 e. The minimum atomic E-state index is -4.60. The molecule has 1 heterocycles. The monoisotopic (exact) mass is 390 g/mol. The van der Waals surface area contributed by atoms with Crippen LogP contribution in [0.1, 0.15) is 11.1 Å². The number of benzene rings is 2. The summed E-state index contributed by atoms with van der Waals surface area (Å²) in [5.74, 6) is -0.268. The summed E-state index contributed by atoms with van der Waals surface area (Å²) >= 11 is 5.97. The van der Waals surface area contributed by atoms with E-state index in [1.165, 1.54) is 24.3 Å². The van der Waals surface area contributed by atoms with Crippen LogP contribution in [0.15, 0.2) is 47.3 Å². The third kappa shape index (κ3) is 3.52. The molecule has 0 unspecified atom stereocenters. The van der Waals surface area contributed by atoms with Gasteiger partial charge in [-0.2, -0.15) is 18.4 Å². The molecule has 0 radical (unpaired) electrons. The number of aromatic amines is 1. The number of halogens is 4. The van der Waals surface area contributed by atoms with E-state index in [9.17, 15) is 23.1 Å². The van der Waals surface area contributed by atoms with E-state index in [0.717, 1.165) is 24.3 Å². The van der Waals surface area contributed by atoms with E-state index in [-0.39, 0.29) is 38.4 Å². The minimum Gasteiger partial charge on any atom is -0.507 e. The van der Waals surface area contributed by atoms with Crippen LogP contribution in [-0.2, 0) is 6.18 Å². The lowest BCUT2D eigenvalue weighted by atomic mass is 9.94. The van der Waals surface area contributed by atoms with E-state index < -0.39 is 17.3 Å². The van der Waals surface area contributed by atoms with Crippen LogP contribution in [0, 0.1) is 11.3 Å². The Bertz CT molecular complexity index is 1170. The van der Waals surface area contributed by atoms with Gasteiger partial charge in [0.05, 0.1) is 11.6 Å². The van der Waals surface area contributed by atoms with Crippen molar-refractivity contribution in [2.45, 2.75) is 6.18 Å². The minimum absolute atomic E-state index is 0.0475. The molecule has 0 aliphatic carbocycles. The fourth-order valence-corrected chi connectivity index (χ4v) is 2.94. The molecule has 136 valence electrons. The summed E-state index contributed by atoms with van der Waals surface area (Å²) < 4.78 is 39.5. The highest BCUT2D eigenvalue weighted by atomic mass is 35.5. The molecule has 0 aliphatic rings. The predicted molar refractivity (Wildman–Crippen MR) is 96.3 cm³/mol. The van der Waals surface area contributed by atoms with Crippen LogP contribution in [0.4, 0.5) is 13.2 Å². The average molecular weight is 391 g/mol. The number of allylic oxidation sites excluding steroid dienone is 1. The van der Waals surface area contributed by atoms with E-state index in [0.29, 0.717) is 0 Å². The number of aromatic nitrogens is 1. The number of H-pyrrole nitrogens is 1. The third-order valence-electron chi connectivity index (χ3n) is 3.93. The second kappa shape index (κ2) is 6.82. The van der Waals surface area contributed by atoms with Gasteiger partial charge in [0.1, 0.15) is 5.75 Å². The number of rotatable bonds is 2. The molecule has 0 saturated heterocycles. The Hall–Kier alpha value is -3.24. The van der Waals surface area contributed by atoms with Crippen LogP contribution in [0.3, 0.4) is 0 Å². The predicted octanol–water partition coefficient (Wildman–Crippen LogP) is 5.11. The highest BCUT2D eigenvalue weighted by molar-refractivity contribution is 6.31. The molecule has 0 bridgehead atoms. The molecule has 2 aromatic carbocycles. The molecule has 0 saturated carbocycles. The van der Waals surface area contributed by atoms with E-state index in [1.807, 2.05) is 0 Å². The first-order valence-corrected chi connectivity index (χ1v) is 7.92. The van der Waals surface area contributed by atoms with Crippen molar-refractivity contribution in [1.82, 2.24) is 4.98 Å². The molecule has 4 nitrogen and oxygen atoms in total. The van der Waals surface area contributed by atoms with Crippen LogP contribution >= 0.6 is 11.6 Å². The van der Waals surface area contributed by atoms with Crippen LogP contribution in [0.5, 0.6) is 5.75 Å². The number of nitrogens with zero attached hydrogens (tertiary/aromatic N) is 1. The number of hydrogen-bond acceptors (Lipinski definition) is 3. The quantitative estimate of drug-likeness (QED) is 0.597. The molecule has 0 aliphatic heterocycles. The van der Waals surface area contributed by atoms with E-state index >= 15 is 0 Å². The van der Waals surface area contributed by atoms with Crippen LogP contribution in [-0.4, -0.2) is 10.1 Å². The van der Waals surface area contributed by atoms with Gasteiger partial charge in [-0.1, -0.05) is 11.6 Å². The highest BCUT2D eigenvalue weighted by Gasteiger charge is 2.31. The number of pyridine rings is 1. The number of nitriles is 1. The molecule has 3 aromatic rings. The van der Waals surface area contributed by atoms with Crippen molar-refractivity contribution in [2.24, 2.45) is 0 Å². The Labute approximate surface area is 155 Å². The summed E-state index contributed by atoms with van der Waals surface area (Å²) in [7, 11) is 0. The van der Waals surface area contributed by atoms with Gasteiger partial charge in [0, 0.05) is 38.7 Å². The molecular formula is C19H10ClF3N2O2. The molecule has 0 spiro atoms. The van der Waals surface area contributed by atoms with Crippen molar-refractivity contribution in [3.05, 3.63) is 69.0 Å². The molecule has 0 fully saturated rings. The molecule has 3 rings (SSSR count). The number of alkyl halides is 3. The maximum Gasteiger partial charge on any atom is 0.416 e. The first-order valence-electron chi connectivity index (χ1n) is 7.54. The van der Waals surface area contributed by atoms with Gasteiger partial charge in [0.25, 0.3) is 5.56 Å². The molecule has 0 amide bonds. The summed E-state index contributed by atoms with van der Waals surface area (Å²) in [6.45, 7) is 0. The molecule has 8 heteroatoms. The lowest BCUT2D eigenvalue weighted by Gasteiger charge is -2.14. The Morgan fingerprint density at radius 1 is 1.19 bits per heavy atom. The lowest BCUT2D eigenvalue weighted by molar-refractivity contribution is -0.137. The zero-order valence-electron chi connectivity index (χ0n) is 13.4. The van der Waals surface area contributed by atoms with Crippen molar-refractivity contribution < 1.29 is 18.3 Å². The Morgan fingerprint density at radius 2 is 1.93 bits per heavy atom. The van der Waals surface area contributed by atoms with Gasteiger partial charge in [0.2, 0.25) is 0 Å². The average Bonchev–Trinajstić information content (AvgIpc) is 2.60. The SMILES string of the molecule is N#CC=Cc1c(-c2cc(Cl)ccc2O)c2cc(C(F)(F)F)ccc2[nH]c1=O. The summed E-state index contributed by atoms with van der Waals surface area (Å²) in [5.41, 5.74) is -1.33. The Morgan fingerprint density at radius 3 is 2.59 bits per heavy atom. The normalized spacial score (nSPS) is 11.8. The van der Waals surface area contributed by atoms with Crippen molar-refractivity contribution >= 4 is 28.6 Å². The Kier molecular flexibility index (Phi) is 4.68. The van der Waals surface area contributed by atoms with Crippen molar-refractivity contribution in [1.29, 1.82) is 5.26 Å². The number of aromatic hydroxyl groups is 1. The zero-order valence-corrected chi connectivity index (χ0v) is 14.2.